The molecule has 18 heavy (non-hydrogen) atoms. The van der Waals surface area contributed by atoms with Gasteiger partial charge in [-0.05, 0) is 31.1 Å². The van der Waals surface area contributed by atoms with Gasteiger partial charge in [-0.25, -0.2) is 0 Å². The summed E-state index contributed by atoms with van der Waals surface area (Å²) in [4.78, 5) is 13.0. The molecule has 0 aliphatic heterocycles. The molecule has 2 saturated carbocycles. The number of hydrogen-bond donors (Lipinski definition) is 1. The number of amides is 1. The molecule has 3 atom stereocenters. The van der Waals surface area contributed by atoms with Crippen LogP contribution in [0, 0.1) is 11.3 Å². The third-order valence-corrected chi connectivity index (χ3v) is 5.93. The van der Waals surface area contributed by atoms with Crippen molar-refractivity contribution in [2.24, 2.45) is 11.3 Å². The van der Waals surface area contributed by atoms with Crippen LogP contribution in [0.5, 0.6) is 0 Å². The van der Waals surface area contributed by atoms with Crippen LogP contribution in [0.4, 0.5) is 0 Å². The van der Waals surface area contributed by atoms with Gasteiger partial charge in [0.25, 0.3) is 0 Å². The van der Waals surface area contributed by atoms with Crippen LogP contribution in [-0.2, 0) is 4.79 Å². The highest BCUT2D eigenvalue weighted by Crippen LogP contribution is 2.40. The molecule has 0 saturated heterocycles. The normalized spacial score (nSPS) is 36.1. The first-order valence-corrected chi connectivity index (χ1v) is 8.37. The van der Waals surface area contributed by atoms with Gasteiger partial charge in [-0.15, -0.1) is 0 Å². The Bertz CT molecular complexity index is 303. The van der Waals surface area contributed by atoms with E-state index in [4.69, 9.17) is 0 Å². The molecule has 0 aromatic carbocycles. The zero-order valence-corrected chi connectivity index (χ0v) is 13.3. The summed E-state index contributed by atoms with van der Waals surface area (Å²) in [6.45, 7) is 4.51. The SMILES string of the molecule is CC1(C)CCCCC1C(=O)NC1CCCCC1Br. The van der Waals surface area contributed by atoms with E-state index in [0.29, 0.717) is 16.8 Å². The van der Waals surface area contributed by atoms with Crippen molar-refractivity contribution in [2.75, 3.05) is 0 Å². The third kappa shape index (κ3) is 3.28. The summed E-state index contributed by atoms with van der Waals surface area (Å²) in [5.74, 6) is 0.518. The molecular weight excluding hydrogens is 290 g/mol. The molecule has 1 N–H and O–H groups in total. The van der Waals surface area contributed by atoms with E-state index in [1.165, 1.54) is 38.5 Å². The second kappa shape index (κ2) is 5.94. The minimum Gasteiger partial charge on any atom is -0.352 e. The van der Waals surface area contributed by atoms with E-state index < -0.39 is 0 Å². The first kappa shape index (κ1) is 14.4. The molecule has 2 aliphatic carbocycles. The average molecular weight is 316 g/mol. The molecule has 2 rings (SSSR count). The second-order valence-electron chi connectivity index (χ2n) is 6.70. The Morgan fingerprint density at radius 3 is 2.44 bits per heavy atom. The zero-order chi connectivity index (χ0) is 13.2. The molecule has 0 radical (unpaired) electrons. The van der Waals surface area contributed by atoms with Crippen LogP contribution < -0.4 is 5.32 Å². The quantitative estimate of drug-likeness (QED) is 0.766. The maximum absolute atomic E-state index is 12.5. The molecular formula is C15H26BrNO. The lowest BCUT2D eigenvalue weighted by Crippen LogP contribution is -2.48. The fraction of sp³-hybridized carbons (Fsp3) is 0.933. The summed E-state index contributed by atoms with van der Waals surface area (Å²) in [6, 6.07) is 0.351. The van der Waals surface area contributed by atoms with Gasteiger partial charge in [0.15, 0.2) is 0 Å². The van der Waals surface area contributed by atoms with Gasteiger partial charge in [0.2, 0.25) is 5.91 Å². The minimum absolute atomic E-state index is 0.179. The van der Waals surface area contributed by atoms with E-state index >= 15 is 0 Å². The smallest absolute Gasteiger partial charge is 0.223 e. The summed E-state index contributed by atoms with van der Waals surface area (Å²) >= 11 is 3.72. The van der Waals surface area contributed by atoms with E-state index in [-0.39, 0.29) is 11.3 Å². The first-order chi connectivity index (χ1) is 8.50. The van der Waals surface area contributed by atoms with E-state index in [0.717, 1.165) is 12.8 Å². The fourth-order valence-corrected chi connectivity index (χ4v) is 4.23. The zero-order valence-electron chi connectivity index (χ0n) is 11.7. The Balaban J connectivity index is 1.94. The molecule has 3 unspecified atom stereocenters. The molecule has 0 bridgehead atoms. The van der Waals surface area contributed by atoms with Gasteiger partial charge in [0.05, 0.1) is 0 Å². The Labute approximate surface area is 119 Å². The van der Waals surface area contributed by atoms with E-state index in [2.05, 4.69) is 35.1 Å². The molecule has 2 fully saturated rings. The number of halogens is 1. The van der Waals surface area contributed by atoms with E-state index in [1.807, 2.05) is 0 Å². The number of carbonyl (C=O) groups excluding carboxylic acids is 1. The van der Waals surface area contributed by atoms with E-state index in [9.17, 15) is 4.79 Å². The lowest BCUT2D eigenvalue weighted by molar-refractivity contribution is -0.131. The Morgan fingerprint density at radius 2 is 1.78 bits per heavy atom. The van der Waals surface area contributed by atoms with Crippen molar-refractivity contribution < 1.29 is 4.79 Å². The highest BCUT2D eigenvalue weighted by molar-refractivity contribution is 9.09. The van der Waals surface area contributed by atoms with Crippen molar-refractivity contribution in [2.45, 2.75) is 76.1 Å². The van der Waals surface area contributed by atoms with Gasteiger partial charge >= 0.3 is 0 Å². The van der Waals surface area contributed by atoms with Gasteiger partial charge in [0.1, 0.15) is 0 Å². The maximum atomic E-state index is 12.5. The molecule has 0 heterocycles. The van der Waals surface area contributed by atoms with Gasteiger partial charge < -0.3 is 5.32 Å². The highest BCUT2D eigenvalue weighted by atomic mass is 79.9. The topological polar surface area (TPSA) is 29.1 Å². The third-order valence-electron chi connectivity index (χ3n) is 4.83. The number of alkyl halides is 1. The standard InChI is InChI=1S/C15H26BrNO/c1-15(2)10-6-5-7-11(15)14(18)17-13-9-4-3-8-12(13)16/h11-13H,3-10H2,1-2H3,(H,17,18). The molecule has 3 heteroatoms. The number of rotatable bonds is 2. The van der Waals surface area contributed by atoms with Crippen molar-refractivity contribution in [3.8, 4) is 0 Å². The summed E-state index contributed by atoms with van der Waals surface area (Å²) in [7, 11) is 0. The van der Waals surface area contributed by atoms with Crippen LogP contribution >= 0.6 is 15.9 Å². The molecule has 0 aromatic heterocycles. The van der Waals surface area contributed by atoms with Gasteiger partial charge in [-0.2, -0.15) is 0 Å². The van der Waals surface area contributed by atoms with Gasteiger partial charge in [0, 0.05) is 16.8 Å². The second-order valence-corrected chi connectivity index (χ2v) is 7.88. The Kier molecular flexibility index (Phi) is 4.74. The predicted octanol–water partition coefficient (Wildman–Crippen LogP) is 4.03. The van der Waals surface area contributed by atoms with Crippen LogP contribution in [0.3, 0.4) is 0 Å². The fourth-order valence-electron chi connectivity index (χ4n) is 3.51. The Hall–Kier alpha value is -0.0500. The van der Waals surface area contributed by atoms with E-state index in [1.54, 1.807) is 0 Å². The van der Waals surface area contributed by atoms with Gasteiger partial charge in [-0.1, -0.05) is 55.5 Å². The number of hydrogen-bond acceptors (Lipinski definition) is 1. The van der Waals surface area contributed by atoms with Crippen molar-refractivity contribution >= 4 is 21.8 Å². The van der Waals surface area contributed by atoms with Crippen LogP contribution in [0.1, 0.15) is 65.2 Å². The molecule has 0 spiro atoms. The molecule has 2 nitrogen and oxygen atoms in total. The van der Waals surface area contributed by atoms with Crippen molar-refractivity contribution in [1.29, 1.82) is 0 Å². The van der Waals surface area contributed by atoms with Crippen molar-refractivity contribution in [3.63, 3.8) is 0 Å². The minimum atomic E-state index is 0.179. The maximum Gasteiger partial charge on any atom is 0.223 e. The summed E-state index contributed by atoms with van der Waals surface area (Å²) in [5.41, 5.74) is 0.179. The lowest BCUT2D eigenvalue weighted by Gasteiger charge is -2.39. The molecule has 1 amide bonds. The summed E-state index contributed by atoms with van der Waals surface area (Å²) in [6.07, 6.45) is 9.61. The summed E-state index contributed by atoms with van der Waals surface area (Å²) < 4.78 is 0. The van der Waals surface area contributed by atoms with Crippen LogP contribution in [0.15, 0.2) is 0 Å². The van der Waals surface area contributed by atoms with Crippen LogP contribution in [0.2, 0.25) is 0 Å². The van der Waals surface area contributed by atoms with Gasteiger partial charge in [-0.3, -0.25) is 4.79 Å². The lowest BCUT2D eigenvalue weighted by atomic mass is 9.68. The molecule has 0 aromatic rings. The number of nitrogens with one attached hydrogen (secondary N) is 1. The van der Waals surface area contributed by atoms with Crippen molar-refractivity contribution in [3.05, 3.63) is 0 Å². The largest absolute Gasteiger partial charge is 0.352 e. The number of carbonyl (C=O) groups is 1. The average Bonchev–Trinajstić information content (AvgIpc) is 2.31. The predicted molar refractivity (Wildman–Crippen MR) is 78.9 cm³/mol. The highest BCUT2D eigenvalue weighted by Gasteiger charge is 2.38. The Morgan fingerprint density at radius 1 is 1.11 bits per heavy atom. The van der Waals surface area contributed by atoms with Crippen LogP contribution in [0.25, 0.3) is 0 Å². The molecule has 2 aliphatic rings. The molecule has 104 valence electrons. The monoisotopic (exact) mass is 315 g/mol. The van der Waals surface area contributed by atoms with Crippen LogP contribution in [-0.4, -0.2) is 16.8 Å². The first-order valence-electron chi connectivity index (χ1n) is 7.45. The summed E-state index contributed by atoms with van der Waals surface area (Å²) in [5, 5.41) is 3.31. The van der Waals surface area contributed by atoms with Crippen molar-refractivity contribution in [1.82, 2.24) is 5.32 Å².